The van der Waals surface area contributed by atoms with Gasteiger partial charge in [0.1, 0.15) is 11.5 Å². The van der Waals surface area contributed by atoms with Crippen LogP contribution < -0.4 is 11.5 Å². The molecule has 0 aliphatic carbocycles. The lowest BCUT2D eigenvalue weighted by Gasteiger charge is -2.06. The first-order valence-corrected chi connectivity index (χ1v) is 7.54. The summed E-state index contributed by atoms with van der Waals surface area (Å²) in [5.41, 5.74) is 13.2. The van der Waals surface area contributed by atoms with Crippen molar-refractivity contribution in [2.24, 2.45) is 16.0 Å². The number of nitrogens with two attached hydrogens (primary N) is 2. The fourth-order valence-electron chi connectivity index (χ4n) is 2.14. The first kappa shape index (κ1) is 15.1. The number of azo groups is 1. The standard InChI is InChI=1S/C16H13BrN6/c17-12-3-1-2-10-8-21-16(20)14(13(10)12)23-22-11-6-4-9(5-7-11)15(18)19/h1-8H,(H3,18,19)(H2,20,21)/b23-22+. The van der Waals surface area contributed by atoms with Gasteiger partial charge in [0.15, 0.2) is 5.82 Å². The Labute approximate surface area is 140 Å². The Balaban J connectivity index is 2.04. The topological polar surface area (TPSA) is 114 Å². The predicted octanol–water partition coefficient (Wildman–Crippen LogP) is 4.28. The number of nitrogens with one attached hydrogen (secondary N) is 1. The van der Waals surface area contributed by atoms with Gasteiger partial charge in [-0.2, -0.15) is 5.11 Å². The van der Waals surface area contributed by atoms with Gasteiger partial charge in [-0.25, -0.2) is 4.98 Å². The van der Waals surface area contributed by atoms with Crippen LogP contribution in [0.3, 0.4) is 0 Å². The molecule has 2 aromatic carbocycles. The minimum atomic E-state index is 0.0138. The van der Waals surface area contributed by atoms with Crippen LogP contribution in [-0.4, -0.2) is 10.8 Å². The normalized spacial score (nSPS) is 11.2. The number of halogens is 1. The summed E-state index contributed by atoms with van der Waals surface area (Å²) in [5.74, 6) is 0.327. The number of benzene rings is 2. The van der Waals surface area contributed by atoms with Crippen LogP contribution >= 0.6 is 15.9 Å². The molecule has 0 atom stereocenters. The van der Waals surface area contributed by atoms with Crippen molar-refractivity contribution in [3.63, 3.8) is 0 Å². The second kappa shape index (κ2) is 6.13. The molecule has 0 spiro atoms. The molecular formula is C16H13BrN6. The van der Waals surface area contributed by atoms with Gasteiger partial charge in [0, 0.05) is 27.0 Å². The van der Waals surface area contributed by atoms with Crippen molar-refractivity contribution in [3.05, 3.63) is 58.7 Å². The van der Waals surface area contributed by atoms with E-state index in [1.807, 2.05) is 18.2 Å². The number of nitrogens with zero attached hydrogens (tertiary/aromatic N) is 3. The summed E-state index contributed by atoms with van der Waals surface area (Å²) in [6.45, 7) is 0. The SMILES string of the molecule is N=C(N)c1ccc(/N=N/c2c(N)ncc3cccc(Br)c23)cc1. The Morgan fingerprint density at radius 3 is 2.52 bits per heavy atom. The van der Waals surface area contributed by atoms with E-state index in [0.29, 0.717) is 22.8 Å². The van der Waals surface area contributed by atoms with Crippen molar-refractivity contribution in [1.29, 1.82) is 5.41 Å². The highest BCUT2D eigenvalue weighted by Crippen LogP contribution is 2.36. The highest BCUT2D eigenvalue weighted by atomic mass is 79.9. The first-order valence-electron chi connectivity index (χ1n) is 6.75. The van der Waals surface area contributed by atoms with Crippen molar-refractivity contribution in [3.8, 4) is 0 Å². The molecule has 1 heterocycles. The smallest absolute Gasteiger partial charge is 0.151 e. The van der Waals surface area contributed by atoms with Gasteiger partial charge < -0.3 is 11.5 Å². The number of hydrogen-bond donors (Lipinski definition) is 3. The average molecular weight is 369 g/mol. The van der Waals surface area contributed by atoms with E-state index in [1.165, 1.54) is 0 Å². The molecule has 7 heteroatoms. The summed E-state index contributed by atoms with van der Waals surface area (Å²) >= 11 is 3.51. The highest BCUT2D eigenvalue weighted by molar-refractivity contribution is 9.10. The van der Waals surface area contributed by atoms with Crippen LogP contribution in [0.1, 0.15) is 5.56 Å². The largest absolute Gasteiger partial charge is 0.384 e. The van der Waals surface area contributed by atoms with Crippen molar-refractivity contribution in [2.75, 3.05) is 5.73 Å². The van der Waals surface area contributed by atoms with E-state index in [4.69, 9.17) is 16.9 Å². The number of amidine groups is 1. The molecule has 0 aliphatic rings. The molecule has 0 fully saturated rings. The minimum Gasteiger partial charge on any atom is -0.384 e. The molecule has 114 valence electrons. The quantitative estimate of drug-likeness (QED) is 0.364. The molecule has 23 heavy (non-hydrogen) atoms. The van der Waals surface area contributed by atoms with E-state index < -0.39 is 0 Å². The highest BCUT2D eigenvalue weighted by Gasteiger charge is 2.09. The van der Waals surface area contributed by atoms with Gasteiger partial charge >= 0.3 is 0 Å². The van der Waals surface area contributed by atoms with Gasteiger partial charge in [0.2, 0.25) is 0 Å². The number of nitrogen functional groups attached to an aromatic ring is 2. The van der Waals surface area contributed by atoms with Gasteiger partial charge in [-0.15, -0.1) is 5.11 Å². The van der Waals surface area contributed by atoms with Crippen LogP contribution in [-0.2, 0) is 0 Å². The molecule has 0 saturated heterocycles. The Hall–Kier alpha value is -2.80. The Morgan fingerprint density at radius 2 is 1.83 bits per heavy atom. The van der Waals surface area contributed by atoms with Crippen molar-refractivity contribution < 1.29 is 0 Å². The van der Waals surface area contributed by atoms with E-state index in [9.17, 15) is 0 Å². The lowest BCUT2D eigenvalue weighted by molar-refractivity contribution is 1.22. The zero-order valence-corrected chi connectivity index (χ0v) is 13.6. The minimum absolute atomic E-state index is 0.0138. The summed E-state index contributed by atoms with van der Waals surface area (Å²) in [4.78, 5) is 4.16. The third-order valence-corrected chi connectivity index (χ3v) is 3.97. The number of aromatic nitrogens is 1. The monoisotopic (exact) mass is 368 g/mol. The van der Waals surface area contributed by atoms with Crippen molar-refractivity contribution in [2.45, 2.75) is 0 Å². The third-order valence-electron chi connectivity index (χ3n) is 3.31. The van der Waals surface area contributed by atoms with E-state index in [1.54, 1.807) is 30.5 Å². The number of fused-ring (bicyclic) bond motifs is 1. The lowest BCUT2D eigenvalue weighted by atomic mass is 10.1. The summed E-state index contributed by atoms with van der Waals surface area (Å²) < 4.78 is 0.880. The maximum Gasteiger partial charge on any atom is 0.151 e. The maximum absolute atomic E-state index is 7.38. The maximum atomic E-state index is 7.38. The Kier molecular flexibility index (Phi) is 4.03. The molecular weight excluding hydrogens is 356 g/mol. The predicted molar refractivity (Wildman–Crippen MR) is 95.5 cm³/mol. The Morgan fingerprint density at radius 1 is 1.09 bits per heavy atom. The molecule has 0 aliphatic heterocycles. The second-order valence-corrected chi connectivity index (χ2v) is 5.71. The Bertz CT molecular complexity index is 918. The molecule has 0 bridgehead atoms. The third kappa shape index (κ3) is 3.04. The molecule has 0 unspecified atom stereocenters. The molecule has 1 aromatic heterocycles. The molecule has 0 saturated carbocycles. The van der Waals surface area contributed by atoms with Crippen LogP contribution in [0, 0.1) is 5.41 Å². The summed E-state index contributed by atoms with van der Waals surface area (Å²) in [7, 11) is 0. The number of rotatable bonds is 3. The molecule has 0 amide bonds. The average Bonchev–Trinajstić information content (AvgIpc) is 2.55. The van der Waals surface area contributed by atoms with E-state index in [-0.39, 0.29) is 5.84 Å². The first-order chi connectivity index (χ1) is 11.1. The van der Waals surface area contributed by atoms with Gasteiger partial charge in [0.05, 0.1) is 5.69 Å². The number of hydrogen-bond acceptors (Lipinski definition) is 5. The van der Waals surface area contributed by atoms with Crippen molar-refractivity contribution >= 4 is 49.7 Å². The van der Waals surface area contributed by atoms with E-state index in [0.717, 1.165) is 15.2 Å². The molecule has 3 aromatic rings. The summed E-state index contributed by atoms with van der Waals surface area (Å²) in [5, 5.41) is 17.6. The lowest BCUT2D eigenvalue weighted by Crippen LogP contribution is -2.10. The van der Waals surface area contributed by atoms with E-state index in [2.05, 4.69) is 31.1 Å². The molecule has 0 radical (unpaired) electrons. The zero-order chi connectivity index (χ0) is 16.4. The van der Waals surface area contributed by atoms with Gasteiger partial charge in [-0.05, 0) is 30.3 Å². The number of anilines is 1. The number of pyridine rings is 1. The summed E-state index contributed by atoms with van der Waals surface area (Å²) in [6, 6.07) is 12.7. The molecule has 3 rings (SSSR count). The van der Waals surface area contributed by atoms with Crippen molar-refractivity contribution in [1.82, 2.24) is 4.98 Å². The van der Waals surface area contributed by atoms with Crippen LogP contribution in [0.5, 0.6) is 0 Å². The zero-order valence-electron chi connectivity index (χ0n) is 12.0. The fourth-order valence-corrected chi connectivity index (χ4v) is 2.71. The second-order valence-electron chi connectivity index (χ2n) is 4.86. The van der Waals surface area contributed by atoms with Crippen LogP contribution in [0.25, 0.3) is 10.8 Å². The molecule has 6 nitrogen and oxygen atoms in total. The summed E-state index contributed by atoms with van der Waals surface area (Å²) in [6.07, 6.45) is 1.70. The van der Waals surface area contributed by atoms with Gasteiger partial charge in [-0.1, -0.05) is 28.1 Å². The van der Waals surface area contributed by atoms with Crippen LogP contribution in [0.4, 0.5) is 17.2 Å². The van der Waals surface area contributed by atoms with Gasteiger partial charge in [-0.3, -0.25) is 5.41 Å². The molecule has 5 N–H and O–H groups in total. The van der Waals surface area contributed by atoms with Crippen LogP contribution in [0.15, 0.2) is 63.4 Å². The van der Waals surface area contributed by atoms with Gasteiger partial charge in [0.25, 0.3) is 0 Å². The fraction of sp³-hybridized carbons (Fsp3) is 0. The van der Waals surface area contributed by atoms with Crippen LogP contribution in [0.2, 0.25) is 0 Å². The van der Waals surface area contributed by atoms with E-state index >= 15 is 0 Å².